The first-order valence-corrected chi connectivity index (χ1v) is 6.57. The molecule has 0 unspecified atom stereocenters. The van der Waals surface area contributed by atoms with Gasteiger partial charge in [0.2, 0.25) is 0 Å². The van der Waals surface area contributed by atoms with E-state index in [1.807, 2.05) is 24.3 Å². The summed E-state index contributed by atoms with van der Waals surface area (Å²) in [6.45, 7) is 1.50. The van der Waals surface area contributed by atoms with Crippen LogP contribution in [0.2, 0.25) is 0 Å². The van der Waals surface area contributed by atoms with Crippen molar-refractivity contribution >= 4 is 0 Å². The van der Waals surface area contributed by atoms with Crippen LogP contribution in [0.4, 0.5) is 0 Å². The summed E-state index contributed by atoms with van der Waals surface area (Å²) in [6, 6.07) is 9.98. The average molecular weight is 263 g/mol. The van der Waals surface area contributed by atoms with E-state index in [1.54, 1.807) is 7.11 Å². The molecule has 0 spiro atoms. The third-order valence-corrected chi connectivity index (χ3v) is 3.47. The van der Waals surface area contributed by atoms with Crippen LogP contribution in [0.25, 0.3) is 0 Å². The molecule has 2 atom stereocenters. The summed E-state index contributed by atoms with van der Waals surface area (Å²) in [7, 11) is 1.62. The van der Waals surface area contributed by atoms with Crippen LogP contribution in [0.5, 0.6) is 0 Å². The van der Waals surface area contributed by atoms with Gasteiger partial charge < -0.3 is 14.9 Å². The Hall–Kier alpha value is -1.36. The molecular weight excluding hydrogens is 242 g/mol. The summed E-state index contributed by atoms with van der Waals surface area (Å²) in [6.07, 6.45) is 1.74. The summed E-state index contributed by atoms with van der Waals surface area (Å²) >= 11 is 0. The van der Waals surface area contributed by atoms with E-state index in [0.717, 1.165) is 18.8 Å². The lowest BCUT2D eigenvalue weighted by molar-refractivity contribution is 0.0373. The quantitative estimate of drug-likeness (QED) is 0.808. The van der Waals surface area contributed by atoms with Crippen molar-refractivity contribution in [3.05, 3.63) is 47.7 Å². The number of nitrogens with zero attached hydrogens (tertiary/aromatic N) is 1. The van der Waals surface area contributed by atoms with Crippen LogP contribution < -0.4 is 0 Å². The SMILES string of the molecule is COC1=CCN(Cc2ccccc2)[C@@H]1[C@@H](O)CCO. The zero-order valence-electron chi connectivity index (χ0n) is 11.2. The largest absolute Gasteiger partial charge is 0.500 e. The Morgan fingerprint density at radius 2 is 2.11 bits per heavy atom. The first-order valence-electron chi connectivity index (χ1n) is 6.57. The molecule has 1 heterocycles. The van der Waals surface area contributed by atoms with Gasteiger partial charge in [-0.3, -0.25) is 4.90 Å². The Bertz CT molecular complexity index is 419. The number of benzene rings is 1. The van der Waals surface area contributed by atoms with E-state index in [-0.39, 0.29) is 12.6 Å². The first kappa shape index (κ1) is 14.1. The van der Waals surface area contributed by atoms with E-state index in [4.69, 9.17) is 9.84 Å². The number of rotatable bonds is 6. The van der Waals surface area contributed by atoms with E-state index < -0.39 is 6.10 Å². The highest BCUT2D eigenvalue weighted by atomic mass is 16.5. The fraction of sp³-hybridized carbons (Fsp3) is 0.467. The van der Waals surface area contributed by atoms with Gasteiger partial charge in [0, 0.05) is 19.7 Å². The van der Waals surface area contributed by atoms with Crippen molar-refractivity contribution in [3.8, 4) is 0 Å². The third-order valence-electron chi connectivity index (χ3n) is 3.47. The standard InChI is InChI=1S/C15H21NO3/c1-19-14-7-9-16(15(14)13(18)8-10-17)11-12-5-3-2-4-6-12/h2-7,13,15,17-18H,8-11H2,1H3/t13-,15+/m0/s1. The Balaban J connectivity index is 2.07. The maximum atomic E-state index is 10.2. The second-order valence-electron chi connectivity index (χ2n) is 4.75. The lowest BCUT2D eigenvalue weighted by Crippen LogP contribution is -2.41. The molecule has 19 heavy (non-hydrogen) atoms. The number of ether oxygens (including phenoxy) is 1. The van der Waals surface area contributed by atoms with Gasteiger partial charge in [0.05, 0.1) is 19.3 Å². The molecule has 4 nitrogen and oxygen atoms in total. The Morgan fingerprint density at radius 1 is 1.37 bits per heavy atom. The first-order chi connectivity index (χ1) is 9.26. The van der Waals surface area contributed by atoms with Crippen LogP contribution in [0.1, 0.15) is 12.0 Å². The lowest BCUT2D eigenvalue weighted by Gasteiger charge is -2.30. The van der Waals surface area contributed by atoms with E-state index in [2.05, 4.69) is 17.0 Å². The molecule has 2 rings (SSSR count). The van der Waals surface area contributed by atoms with Crippen molar-refractivity contribution in [2.75, 3.05) is 20.3 Å². The molecule has 0 bridgehead atoms. The molecule has 1 aromatic carbocycles. The summed E-state index contributed by atoms with van der Waals surface area (Å²) in [5.74, 6) is 0.789. The molecule has 0 aromatic heterocycles. The average Bonchev–Trinajstić information content (AvgIpc) is 2.83. The molecule has 0 amide bonds. The van der Waals surface area contributed by atoms with Gasteiger partial charge in [-0.1, -0.05) is 30.3 Å². The van der Waals surface area contributed by atoms with Gasteiger partial charge in [0.1, 0.15) is 5.76 Å². The molecule has 0 saturated carbocycles. The number of hydrogen-bond donors (Lipinski definition) is 2. The van der Waals surface area contributed by atoms with Crippen LogP contribution >= 0.6 is 0 Å². The Labute approximate surface area is 113 Å². The predicted octanol–water partition coefficient (Wildman–Crippen LogP) is 1.14. The molecular formula is C15H21NO3. The Morgan fingerprint density at radius 3 is 2.74 bits per heavy atom. The van der Waals surface area contributed by atoms with Crippen LogP contribution in [0.3, 0.4) is 0 Å². The van der Waals surface area contributed by atoms with Crippen molar-refractivity contribution in [3.63, 3.8) is 0 Å². The van der Waals surface area contributed by atoms with E-state index in [9.17, 15) is 5.11 Å². The number of hydrogen-bond acceptors (Lipinski definition) is 4. The second kappa shape index (κ2) is 6.70. The fourth-order valence-electron chi connectivity index (χ4n) is 2.53. The van der Waals surface area contributed by atoms with Crippen molar-refractivity contribution in [1.29, 1.82) is 0 Å². The number of methoxy groups -OCH3 is 1. The van der Waals surface area contributed by atoms with Gasteiger partial charge in [-0.2, -0.15) is 0 Å². The number of aliphatic hydroxyl groups is 2. The van der Waals surface area contributed by atoms with Crippen molar-refractivity contribution in [1.82, 2.24) is 4.90 Å². The van der Waals surface area contributed by atoms with Gasteiger partial charge in [-0.05, 0) is 18.1 Å². The summed E-state index contributed by atoms with van der Waals surface area (Å²) in [5, 5.41) is 19.2. The normalized spacial score (nSPS) is 21.2. The van der Waals surface area contributed by atoms with Crippen LogP contribution in [0.15, 0.2) is 42.2 Å². The van der Waals surface area contributed by atoms with E-state index in [1.165, 1.54) is 5.56 Å². The zero-order chi connectivity index (χ0) is 13.7. The monoisotopic (exact) mass is 263 g/mol. The molecule has 2 N–H and O–H groups in total. The van der Waals surface area contributed by atoms with E-state index >= 15 is 0 Å². The predicted molar refractivity (Wildman–Crippen MR) is 73.4 cm³/mol. The smallest absolute Gasteiger partial charge is 0.113 e. The molecule has 1 aliphatic rings. The van der Waals surface area contributed by atoms with Gasteiger partial charge in [-0.15, -0.1) is 0 Å². The van der Waals surface area contributed by atoms with Crippen molar-refractivity contribution in [2.24, 2.45) is 0 Å². The third kappa shape index (κ3) is 3.35. The summed E-state index contributed by atoms with van der Waals surface area (Å²) < 4.78 is 5.34. The highest BCUT2D eigenvalue weighted by Gasteiger charge is 2.33. The van der Waals surface area contributed by atoms with Crippen LogP contribution in [-0.2, 0) is 11.3 Å². The minimum absolute atomic E-state index is 0.0200. The molecule has 1 aromatic rings. The fourth-order valence-corrected chi connectivity index (χ4v) is 2.53. The minimum atomic E-state index is -0.609. The topological polar surface area (TPSA) is 52.9 Å². The maximum Gasteiger partial charge on any atom is 0.113 e. The van der Waals surface area contributed by atoms with Gasteiger partial charge in [-0.25, -0.2) is 0 Å². The molecule has 4 heteroatoms. The van der Waals surface area contributed by atoms with Gasteiger partial charge >= 0.3 is 0 Å². The second-order valence-corrected chi connectivity index (χ2v) is 4.75. The molecule has 0 saturated heterocycles. The Kier molecular flexibility index (Phi) is 4.96. The molecule has 104 valence electrons. The molecule has 1 aliphatic heterocycles. The lowest BCUT2D eigenvalue weighted by atomic mass is 10.1. The summed E-state index contributed by atoms with van der Waals surface area (Å²) in [5.41, 5.74) is 1.20. The molecule has 0 fully saturated rings. The van der Waals surface area contributed by atoms with Gasteiger partial charge in [0.25, 0.3) is 0 Å². The van der Waals surface area contributed by atoms with Crippen molar-refractivity contribution in [2.45, 2.75) is 25.1 Å². The number of aliphatic hydroxyl groups excluding tert-OH is 2. The van der Waals surface area contributed by atoms with Gasteiger partial charge in [0.15, 0.2) is 0 Å². The van der Waals surface area contributed by atoms with Crippen LogP contribution in [-0.4, -0.2) is 47.5 Å². The van der Waals surface area contributed by atoms with E-state index in [0.29, 0.717) is 6.42 Å². The van der Waals surface area contributed by atoms with Crippen molar-refractivity contribution < 1.29 is 14.9 Å². The highest BCUT2D eigenvalue weighted by molar-refractivity contribution is 5.19. The summed E-state index contributed by atoms with van der Waals surface area (Å²) in [4.78, 5) is 2.16. The highest BCUT2D eigenvalue weighted by Crippen LogP contribution is 2.25. The van der Waals surface area contributed by atoms with Crippen LogP contribution in [0, 0.1) is 0 Å². The molecule has 0 aliphatic carbocycles. The minimum Gasteiger partial charge on any atom is -0.500 e. The maximum absolute atomic E-state index is 10.2. The molecule has 0 radical (unpaired) electrons. The zero-order valence-corrected chi connectivity index (χ0v) is 11.2.